The molecule has 0 radical (unpaired) electrons. The molecular formula is C14H24BrNO2. The van der Waals surface area contributed by atoms with Crippen LogP contribution >= 0.6 is 15.9 Å². The van der Waals surface area contributed by atoms with Crippen LogP contribution in [0.1, 0.15) is 45.4 Å². The lowest BCUT2D eigenvalue weighted by molar-refractivity contribution is -0.131. The number of carbonyl (C=O) groups is 1. The Morgan fingerprint density at radius 1 is 1.28 bits per heavy atom. The Bertz CT molecular complexity index is 261. The van der Waals surface area contributed by atoms with Gasteiger partial charge in [0.25, 0.3) is 0 Å². The number of hydrogen-bond acceptors (Lipinski definition) is 2. The van der Waals surface area contributed by atoms with E-state index in [9.17, 15) is 4.79 Å². The van der Waals surface area contributed by atoms with Crippen molar-refractivity contribution in [2.75, 3.05) is 11.9 Å². The van der Waals surface area contributed by atoms with Gasteiger partial charge in [-0.05, 0) is 19.0 Å². The van der Waals surface area contributed by atoms with Crippen LogP contribution < -0.4 is 5.73 Å². The fourth-order valence-electron chi connectivity index (χ4n) is 1.14. The van der Waals surface area contributed by atoms with E-state index in [1.807, 2.05) is 0 Å². The van der Waals surface area contributed by atoms with Crippen LogP contribution in [0.15, 0.2) is 12.2 Å². The van der Waals surface area contributed by atoms with E-state index in [-0.39, 0.29) is 0 Å². The van der Waals surface area contributed by atoms with Gasteiger partial charge in [0.15, 0.2) is 0 Å². The van der Waals surface area contributed by atoms with Crippen molar-refractivity contribution in [3.05, 3.63) is 12.2 Å². The minimum absolute atomic E-state index is 0.566. The maximum atomic E-state index is 9.80. The van der Waals surface area contributed by atoms with E-state index in [1.54, 1.807) is 0 Å². The van der Waals surface area contributed by atoms with E-state index in [4.69, 9.17) is 10.8 Å². The summed E-state index contributed by atoms with van der Waals surface area (Å²) in [5.41, 5.74) is 5.34. The van der Waals surface area contributed by atoms with E-state index in [0.29, 0.717) is 5.33 Å². The van der Waals surface area contributed by atoms with E-state index in [2.05, 4.69) is 34.7 Å². The van der Waals surface area contributed by atoms with Crippen LogP contribution in [0.3, 0.4) is 0 Å². The summed E-state index contributed by atoms with van der Waals surface area (Å²) < 4.78 is 0. The van der Waals surface area contributed by atoms with Crippen molar-refractivity contribution in [1.82, 2.24) is 0 Å². The summed E-state index contributed by atoms with van der Waals surface area (Å²) in [4.78, 5) is 9.80. The van der Waals surface area contributed by atoms with Gasteiger partial charge in [0.1, 0.15) is 0 Å². The Balaban J connectivity index is 0. The first-order valence-electron chi connectivity index (χ1n) is 6.32. The Hall–Kier alpha value is -0.790. The van der Waals surface area contributed by atoms with Crippen molar-refractivity contribution in [2.24, 2.45) is 5.73 Å². The zero-order chi connectivity index (χ0) is 14.1. The third kappa shape index (κ3) is 24.4. The number of carboxylic acid groups (broad SMARTS) is 1. The molecule has 0 heterocycles. The largest absolute Gasteiger partial charge is 0.478 e. The number of hydrogen-bond donors (Lipinski definition) is 2. The van der Waals surface area contributed by atoms with Gasteiger partial charge in [-0.3, -0.25) is 0 Å². The smallest absolute Gasteiger partial charge is 0.328 e. The van der Waals surface area contributed by atoms with Gasteiger partial charge in [-0.2, -0.15) is 0 Å². The molecule has 0 saturated heterocycles. The number of nitrogens with two attached hydrogens (primary N) is 1. The lowest BCUT2D eigenvalue weighted by Gasteiger charge is -1.96. The van der Waals surface area contributed by atoms with Gasteiger partial charge in [-0.25, -0.2) is 4.79 Å². The summed E-state index contributed by atoms with van der Waals surface area (Å²) in [6, 6.07) is 0. The average molecular weight is 318 g/mol. The van der Waals surface area contributed by atoms with E-state index < -0.39 is 5.97 Å². The predicted octanol–water partition coefficient (Wildman–Crippen LogP) is 3.33. The topological polar surface area (TPSA) is 63.3 Å². The zero-order valence-electron chi connectivity index (χ0n) is 11.1. The molecule has 0 spiro atoms. The highest BCUT2D eigenvalue weighted by molar-refractivity contribution is 9.09. The standard InChI is InChI=1S/C8H19N.C6H5BrO2/c1-2-3-4-5-6-7-8-9;7-5-3-1-2-4-6(8)9/h2-9H2,1H3;2,4H,5H2,(H,8,9). The molecule has 0 unspecified atom stereocenters. The lowest BCUT2D eigenvalue weighted by Crippen LogP contribution is -1.97. The van der Waals surface area contributed by atoms with Crippen LogP contribution in [-0.4, -0.2) is 23.0 Å². The molecule has 18 heavy (non-hydrogen) atoms. The molecule has 0 bridgehead atoms. The highest BCUT2D eigenvalue weighted by Gasteiger charge is 1.85. The van der Waals surface area contributed by atoms with Gasteiger partial charge >= 0.3 is 5.97 Å². The van der Waals surface area contributed by atoms with E-state index in [0.717, 1.165) is 12.6 Å². The van der Waals surface area contributed by atoms with Crippen LogP contribution in [-0.2, 0) is 4.79 Å². The molecule has 0 aromatic rings. The highest BCUT2D eigenvalue weighted by Crippen LogP contribution is 2.03. The number of carboxylic acids is 1. The molecule has 0 aliphatic heterocycles. The molecule has 0 fully saturated rings. The summed E-state index contributed by atoms with van der Waals surface area (Å²) in [6.07, 6.45) is 10.3. The van der Waals surface area contributed by atoms with Crippen molar-refractivity contribution >= 4 is 21.9 Å². The Kier molecular flexibility index (Phi) is 20.2. The van der Waals surface area contributed by atoms with Gasteiger partial charge in [0.05, 0.1) is 5.33 Å². The predicted molar refractivity (Wildman–Crippen MR) is 80.8 cm³/mol. The van der Waals surface area contributed by atoms with Crippen LogP contribution in [0.2, 0.25) is 0 Å². The molecular weight excluding hydrogens is 294 g/mol. The van der Waals surface area contributed by atoms with Crippen LogP contribution in [0.25, 0.3) is 0 Å². The molecule has 0 amide bonds. The van der Waals surface area contributed by atoms with Gasteiger partial charge in [-0.15, -0.1) is 0 Å². The Labute approximate surface area is 119 Å². The van der Waals surface area contributed by atoms with Crippen molar-refractivity contribution in [3.8, 4) is 11.8 Å². The molecule has 3 N–H and O–H groups in total. The summed E-state index contributed by atoms with van der Waals surface area (Å²) >= 11 is 3.06. The molecule has 104 valence electrons. The van der Waals surface area contributed by atoms with Crippen LogP contribution in [0.4, 0.5) is 0 Å². The SMILES string of the molecule is CCCCCCCCN.O=C(O)C=CC#CCBr. The third-order valence-electron chi connectivity index (χ3n) is 2.04. The maximum absolute atomic E-state index is 9.80. The summed E-state index contributed by atoms with van der Waals surface area (Å²) in [7, 11) is 0. The number of rotatable bonds is 7. The molecule has 0 aromatic carbocycles. The summed E-state index contributed by atoms with van der Waals surface area (Å²) in [5, 5.41) is 8.61. The minimum atomic E-state index is -0.973. The third-order valence-corrected chi connectivity index (χ3v) is 2.32. The molecule has 0 saturated carbocycles. The molecule has 0 aromatic heterocycles. The van der Waals surface area contributed by atoms with Crippen molar-refractivity contribution in [2.45, 2.75) is 45.4 Å². The van der Waals surface area contributed by atoms with Crippen LogP contribution in [0.5, 0.6) is 0 Å². The Morgan fingerprint density at radius 3 is 2.39 bits per heavy atom. The lowest BCUT2D eigenvalue weighted by atomic mass is 10.1. The van der Waals surface area contributed by atoms with Crippen LogP contribution in [0, 0.1) is 11.8 Å². The summed E-state index contributed by atoms with van der Waals surface area (Å²) in [5.74, 6) is 4.15. The zero-order valence-corrected chi connectivity index (χ0v) is 12.7. The van der Waals surface area contributed by atoms with Gasteiger partial charge in [0, 0.05) is 6.08 Å². The fraction of sp³-hybridized carbons (Fsp3) is 0.643. The molecule has 3 nitrogen and oxygen atoms in total. The number of unbranched alkanes of at least 4 members (excludes halogenated alkanes) is 5. The van der Waals surface area contributed by atoms with Crippen molar-refractivity contribution in [1.29, 1.82) is 0 Å². The first kappa shape index (κ1) is 19.5. The second-order valence-corrected chi connectivity index (χ2v) is 4.24. The Morgan fingerprint density at radius 2 is 1.89 bits per heavy atom. The second kappa shape index (κ2) is 18.6. The number of allylic oxidation sites excluding steroid dienone is 1. The van der Waals surface area contributed by atoms with Crippen molar-refractivity contribution < 1.29 is 9.90 Å². The second-order valence-electron chi connectivity index (χ2n) is 3.68. The minimum Gasteiger partial charge on any atom is -0.478 e. The average Bonchev–Trinajstić information content (AvgIpc) is 2.35. The fourth-order valence-corrected chi connectivity index (χ4v) is 1.30. The molecule has 0 atom stereocenters. The van der Waals surface area contributed by atoms with Gasteiger partial charge in [-0.1, -0.05) is 66.8 Å². The quantitative estimate of drug-likeness (QED) is 0.327. The normalized spacial score (nSPS) is 9.28. The van der Waals surface area contributed by atoms with E-state index in [1.165, 1.54) is 44.6 Å². The first-order valence-corrected chi connectivity index (χ1v) is 7.45. The summed E-state index contributed by atoms with van der Waals surface area (Å²) in [6.45, 7) is 3.11. The number of aliphatic carboxylic acids is 1. The monoisotopic (exact) mass is 317 g/mol. The first-order chi connectivity index (χ1) is 8.68. The van der Waals surface area contributed by atoms with Crippen molar-refractivity contribution in [3.63, 3.8) is 0 Å². The molecule has 0 aliphatic rings. The maximum Gasteiger partial charge on any atom is 0.328 e. The number of halogens is 1. The molecule has 0 aliphatic carbocycles. The highest BCUT2D eigenvalue weighted by atomic mass is 79.9. The van der Waals surface area contributed by atoms with Gasteiger partial charge in [0.2, 0.25) is 0 Å². The molecule has 0 rings (SSSR count). The van der Waals surface area contributed by atoms with E-state index >= 15 is 0 Å². The molecule has 4 heteroatoms. The van der Waals surface area contributed by atoms with Gasteiger partial charge < -0.3 is 10.8 Å². The number of alkyl halides is 1.